The van der Waals surface area contributed by atoms with Gasteiger partial charge in [-0.25, -0.2) is 23.6 Å². The molecule has 15 nitrogen and oxygen atoms in total. The number of anilines is 2. The summed E-state index contributed by atoms with van der Waals surface area (Å²) in [6.45, 7) is 7.91. The van der Waals surface area contributed by atoms with Crippen LogP contribution in [0.25, 0.3) is 10.4 Å². The van der Waals surface area contributed by atoms with Crippen molar-refractivity contribution < 1.29 is 47.1 Å². The van der Waals surface area contributed by atoms with Crippen LogP contribution in [0.15, 0.2) is 60.1 Å². The van der Waals surface area contributed by atoms with Gasteiger partial charge in [0, 0.05) is 23.1 Å². The van der Waals surface area contributed by atoms with Crippen molar-refractivity contribution in [3.8, 4) is 16.5 Å². The molecule has 6 rings (SSSR count). The first-order valence-electron chi connectivity index (χ1n) is 26.2. The molecule has 4 atom stereocenters. The number of hydrogen-bond donors (Lipinski definition) is 6. The van der Waals surface area contributed by atoms with Crippen LogP contribution in [-0.2, 0) is 24.0 Å². The number of unbranched alkanes of at least 4 members (excludes halogenated alkanes) is 11. The van der Waals surface area contributed by atoms with E-state index in [-0.39, 0.29) is 43.2 Å². The van der Waals surface area contributed by atoms with Crippen molar-refractivity contribution in [2.75, 3.05) is 25.0 Å². The van der Waals surface area contributed by atoms with E-state index in [4.69, 9.17) is 4.84 Å². The molecule has 20 heteroatoms. The summed E-state index contributed by atoms with van der Waals surface area (Å²) < 4.78 is 43.8. The minimum absolute atomic E-state index is 0.0210. The largest absolute Gasteiger partial charge is 0.391 e. The molecule has 2 fully saturated rings. The molecule has 0 radical (unpaired) electrons. The van der Waals surface area contributed by atoms with Crippen LogP contribution < -0.4 is 26.7 Å². The van der Waals surface area contributed by atoms with Crippen LogP contribution in [0.2, 0.25) is 0 Å². The number of benzene rings is 3. The Hall–Kier alpha value is -5.63. The Morgan fingerprint density at radius 2 is 1.54 bits per heavy atom. The molecule has 1 saturated heterocycles. The second-order valence-corrected chi connectivity index (χ2v) is 23.0. The molecule has 1 saturated carbocycles. The van der Waals surface area contributed by atoms with E-state index in [0.717, 1.165) is 98.9 Å². The molecular weight excluding hydrogens is 1110 g/mol. The fraction of sp³-hybridized carbons (Fsp3) is 0.518. The summed E-state index contributed by atoms with van der Waals surface area (Å²) in [5.74, 6) is -5.78. The van der Waals surface area contributed by atoms with Crippen LogP contribution in [0.3, 0.4) is 0 Å². The van der Waals surface area contributed by atoms with E-state index in [0.29, 0.717) is 34.9 Å². The zero-order valence-electron chi connectivity index (χ0n) is 43.7. The maximum atomic E-state index is 14.7. The molecule has 1 aliphatic carbocycles. The van der Waals surface area contributed by atoms with Crippen LogP contribution in [-0.4, -0.2) is 82.4 Å². The van der Waals surface area contributed by atoms with Gasteiger partial charge in [0.15, 0.2) is 11.6 Å². The molecule has 1 aliphatic heterocycles. The highest BCUT2D eigenvalue weighted by Crippen LogP contribution is 2.45. The molecule has 2 aliphatic rings. The standard InChI is InChI=1S/C56H70F3IN8O7S/c1-35-49(76-34-63-35)37-19-17-36(18-20-37)44(65-52(72)45-30-39(69)32-68(45)53(73)50(55(2,3)4)66-54(74)56(33-61)25-26-56)31-46(70)62-27-15-13-11-9-7-5-6-8-10-12-14-16-28-75-67-51(71)40-22-23-41(57)47(59)48(40)64-43-24-21-38(60)29-42(43)58/h17-24,29,34,39,44-45,50,64,69H,5-16,25-28,30-32H2,1-4H3,(H,62,70)(H,65,72)(H,66,74)(H,67,71)/t39-,44+,45+,50-/m1/s1. The summed E-state index contributed by atoms with van der Waals surface area (Å²) in [5, 5.41) is 31.8. The lowest BCUT2D eigenvalue weighted by Gasteiger charge is -2.36. The lowest BCUT2D eigenvalue weighted by Crippen LogP contribution is -2.58. The van der Waals surface area contributed by atoms with Crippen molar-refractivity contribution in [3.63, 3.8) is 0 Å². The third-order valence-corrected chi connectivity index (χ3v) is 15.5. The fourth-order valence-electron chi connectivity index (χ4n) is 9.18. The quantitative estimate of drug-likeness (QED) is 0.0180. The fourth-order valence-corrected chi connectivity index (χ4v) is 10.4. The number of halogens is 4. The molecular formula is C56H70F3IN8O7S. The van der Waals surface area contributed by atoms with E-state index in [2.05, 4.69) is 37.8 Å². The van der Waals surface area contributed by atoms with E-state index >= 15 is 0 Å². The molecule has 2 heterocycles. The van der Waals surface area contributed by atoms with Gasteiger partial charge in [0.25, 0.3) is 5.91 Å². The van der Waals surface area contributed by atoms with Gasteiger partial charge in [0.05, 0.1) is 64.3 Å². The number of β-amino-alcohol motifs (C(OH)–C–C–N with tert-alkyl or cyclic N) is 1. The smallest absolute Gasteiger partial charge is 0.277 e. The number of carbonyl (C=O) groups excluding carboxylic acids is 5. The number of nitrogens with zero attached hydrogens (tertiary/aromatic N) is 3. The van der Waals surface area contributed by atoms with Crippen molar-refractivity contribution in [2.24, 2.45) is 10.8 Å². The maximum Gasteiger partial charge on any atom is 0.277 e. The van der Waals surface area contributed by atoms with Gasteiger partial charge >= 0.3 is 0 Å². The third kappa shape index (κ3) is 16.7. The van der Waals surface area contributed by atoms with Gasteiger partial charge in [0.1, 0.15) is 23.3 Å². The number of rotatable bonds is 28. The summed E-state index contributed by atoms with van der Waals surface area (Å²) in [4.78, 5) is 79.8. The summed E-state index contributed by atoms with van der Waals surface area (Å²) >= 11 is 3.44. The molecule has 0 bridgehead atoms. The van der Waals surface area contributed by atoms with E-state index < -0.39 is 81.8 Å². The molecule has 0 unspecified atom stereocenters. The highest BCUT2D eigenvalue weighted by Gasteiger charge is 2.53. The first kappa shape index (κ1) is 59.6. The number of nitrogens with one attached hydrogen (secondary N) is 5. The Kier molecular flexibility index (Phi) is 22.1. The predicted molar refractivity (Wildman–Crippen MR) is 293 cm³/mol. The molecule has 76 heavy (non-hydrogen) atoms. The van der Waals surface area contributed by atoms with Gasteiger partial charge in [-0.2, -0.15) is 5.26 Å². The number of thiazole rings is 1. The molecule has 5 amide bonds. The minimum atomic E-state index is -1.31. The number of hydrogen-bond acceptors (Lipinski definition) is 11. The lowest BCUT2D eigenvalue weighted by atomic mass is 9.85. The Morgan fingerprint density at radius 3 is 2.13 bits per heavy atom. The van der Waals surface area contributed by atoms with Crippen molar-refractivity contribution in [3.05, 3.63) is 98.0 Å². The van der Waals surface area contributed by atoms with Gasteiger partial charge in [0.2, 0.25) is 23.6 Å². The number of aromatic nitrogens is 1. The number of amides is 5. The highest BCUT2D eigenvalue weighted by atomic mass is 127. The van der Waals surface area contributed by atoms with E-state index in [1.807, 2.05) is 53.8 Å². The van der Waals surface area contributed by atoms with Gasteiger partial charge < -0.3 is 31.3 Å². The van der Waals surface area contributed by atoms with Crippen LogP contribution in [0.5, 0.6) is 0 Å². The van der Waals surface area contributed by atoms with E-state index in [1.165, 1.54) is 28.4 Å². The van der Waals surface area contributed by atoms with Crippen LogP contribution in [0.1, 0.15) is 151 Å². The average Bonchev–Trinajstić information content (AvgIpc) is 3.92. The average molecular weight is 1180 g/mol. The number of likely N-dealkylation sites (tertiary alicyclic amines) is 1. The zero-order valence-corrected chi connectivity index (χ0v) is 46.7. The number of aliphatic hydroxyl groups is 1. The summed E-state index contributed by atoms with van der Waals surface area (Å²) in [7, 11) is 0. The van der Waals surface area contributed by atoms with Gasteiger partial charge in [-0.1, -0.05) is 109 Å². The Morgan fingerprint density at radius 1 is 0.895 bits per heavy atom. The van der Waals surface area contributed by atoms with Crippen molar-refractivity contribution in [1.29, 1.82) is 5.26 Å². The second kappa shape index (κ2) is 28.1. The SMILES string of the molecule is Cc1ncsc1-c1ccc([C@H](CC(=O)NCCCCCCCCCCCCCCONC(=O)c2ccc(F)c(F)c2Nc2ccc(I)cc2F)NC(=O)[C@@H]2C[C@@H](O)CN2C(=O)[C@@H](NC(=O)C2(C#N)CC2)C(C)(C)C)cc1. The molecule has 4 aromatic rings. The lowest BCUT2D eigenvalue weighted by molar-refractivity contribution is -0.144. The number of hydroxylamine groups is 1. The van der Waals surface area contributed by atoms with Gasteiger partial charge in [-0.3, -0.25) is 28.8 Å². The van der Waals surface area contributed by atoms with E-state index in [1.54, 1.807) is 32.3 Å². The van der Waals surface area contributed by atoms with Crippen molar-refractivity contribution in [1.82, 2.24) is 31.3 Å². The van der Waals surface area contributed by atoms with Gasteiger partial charge in [-0.05, 0) is 102 Å². The summed E-state index contributed by atoms with van der Waals surface area (Å²) in [6.07, 6.45) is 11.8. The highest BCUT2D eigenvalue weighted by molar-refractivity contribution is 14.1. The first-order valence-corrected chi connectivity index (χ1v) is 28.2. The Bertz CT molecular complexity index is 2690. The molecule has 6 N–H and O–H groups in total. The normalized spacial score (nSPS) is 16.6. The van der Waals surface area contributed by atoms with Crippen LogP contribution >= 0.6 is 33.9 Å². The van der Waals surface area contributed by atoms with Crippen molar-refractivity contribution in [2.45, 2.75) is 155 Å². The van der Waals surface area contributed by atoms with Crippen LogP contribution in [0, 0.1) is 50.1 Å². The first-order chi connectivity index (χ1) is 36.3. The molecule has 0 spiro atoms. The van der Waals surface area contributed by atoms with Crippen molar-refractivity contribution >= 4 is 74.8 Å². The summed E-state index contributed by atoms with van der Waals surface area (Å²) in [5.41, 5.74) is 3.82. The number of aryl methyl sites for hydroxylation is 1. The zero-order chi connectivity index (χ0) is 55.0. The Balaban J connectivity index is 0.871. The number of carbonyl (C=O) groups is 5. The predicted octanol–water partition coefficient (Wildman–Crippen LogP) is 10.4. The number of aliphatic hydroxyl groups excluding tert-OH is 1. The monoisotopic (exact) mass is 1180 g/mol. The molecule has 1 aromatic heterocycles. The van der Waals surface area contributed by atoms with E-state index in [9.17, 15) is 47.5 Å². The summed E-state index contributed by atoms with van der Waals surface area (Å²) in [6, 6.07) is 12.9. The second-order valence-electron chi connectivity index (χ2n) is 20.9. The minimum Gasteiger partial charge on any atom is -0.391 e. The Labute approximate surface area is 461 Å². The topological polar surface area (TPSA) is 215 Å². The molecule has 410 valence electrons. The number of nitriles is 1. The van der Waals surface area contributed by atoms with Crippen LogP contribution in [0.4, 0.5) is 24.5 Å². The van der Waals surface area contributed by atoms with Gasteiger partial charge in [-0.15, -0.1) is 11.3 Å². The maximum absolute atomic E-state index is 14.7. The molecule has 3 aromatic carbocycles. The third-order valence-electron chi connectivity index (χ3n) is 13.9.